The van der Waals surface area contributed by atoms with E-state index in [0.29, 0.717) is 5.56 Å². The van der Waals surface area contributed by atoms with Crippen LogP contribution in [0.25, 0.3) is 53.9 Å². The molecule has 0 aliphatic rings. The molecular formula is C25H14CsN3OS. The third kappa shape index (κ3) is 3.83. The molecule has 0 fully saturated rings. The summed E-state index contributed by atoms with van der Waals surface area (Å²) in [6, 6.07) is 25.4. The van der Waals surface area contributed by atoms with Crippen LogP contribution >= 0.6 is 11.3 Å². The fraction of sp³-hybridized carbons (Fsp3) is 0. The Labute approximate surface area is 241 Å². The number of pyridine rings is 2. The molecule has 4 nitrogen and oxygen atoms in total. The summed E-state index contributed by atoms with van der Waals surface area (Å²) in [5, 5.41) is 15.4. The number of hydrogen-bond acceptors (Lipinski definition) is 5. The first-order valence-electron chi connectivity index (χ1n) is 9.58. The molecule has 6 aromatic rings. The monoisotopic (exact) mass is 537 g/mol. The predicted octanol–water partition coefficient (Wildman–Crippen LogP) is 2.80. The van der Waals surface area contributed by atoms with E-state index in [-0.39, 0.29) is 74.6 Å². The molecule has 31 heavy (non-hydrogen) atoms. The molecule has 0 bridgehead atoms. The van der Waals surface area contributed by atoms with Crippen molar-refractivity contribution in [1.29, 1.82) is 0 Å². The Bertz CT molecular complexity index is 1550. The van der Waals surface area contributed by atoms with Gasteiger partial charge in [-0.15, -0.1) is 11.3 Å². The van der Waals surface area contributed by atoms with Crippen LogP contribution in [0.4, 0.5) is 0 Å². The Kier molecular flexibility index (Phi) is 5.87. The molecule has 0 N–H and O–H groups in total. The maximum Gasteiger partial charge on any atom is 1.00 e. The molecule has 0 unspecified atom stereocenters. The van der Waals surface area contributed by atoms with Crippen LogP contribution in [0.2, 0.25) is 0 Å². The van der Waals surface area contributed by atoms with Crippen molar-refractivity contribution in [2.45, 2.75) is 0 Å². The summed E-state index contributed by atoms with van der Waals surface area (Å²) in [6.07, 6.45) is 1.79. The molecule has 0 aliphatic carbocycles. The van der Waals surface area contributed by atoms with Gasteiger partial charge < -0.3 is 5.11 Å². The van der Waals surface area contributed by atoms with E-state index in [9.17, 15) is 5.11 Å². The van der Waals surface area contributed by atoms with E-state index in [0.717, 1.165) is 48.3 Å². The van der Waals surface area contributed by atoms with Crippen molar-refractivity contribution in [3.63, 3.8) is 0 Å². The fourth-order valence-electron chi connectivity index (χ4n) is 3.73. The molecule has 3 heterocycles. The fourth-order valence-corrected chi connectivity index (χ4v) is 4.71. The third-order valence-electron chi connectivity index (χ3n) is 5.23. The molecule has 0 radical (unpaired) electrons. The van der Waals surface area contributed by atoms with Crippen LogP contribution in [0.15, 0.2) is 85.1 Å². The summed E-state index contributed by atoms with van der Waals surface area (Å²) in [5.41, 5.74) is 4.94. The Morgan fingerprint density at radius 2 is 1.55 bits per heavy atom. The van der Waals surface area contributed by atoms with Gasteiger partial charge in [-0.1, -0.05) is 54.3 Å². The van der Waals surface area contributed by atoms with Crippen LogP contribution in [-0.2, 0) is 0 Å². The number of rotatable bonds is 2. The smallest absolute Gasteiger partial charge is 0.872 e. The van der Waals surface area contributed by atoms with Gasteiger partial charge in [-0.3, -0.25) is 4.98 Å². The van der Waals surface area contributed by atoms with Gasteiger partial charge in [0.15, 0.2) is 0 Å². The summed E-state index contributed by atoms with van der Waals surface area (Å²) in [6.45, 7) is 0. The SMILES string of the molecule is [Cs+].[O-]c1ccc(-c2ccc3ccc4cccnc4c3n2)cc1-c1nc2ccccc2s1. The molecule has 0 spiro atoms. The van der Waals surface area contributed by atoms with Crippen LogP contribution < -0.4 is 74.0 Å². The Morgan fingerprint density at radius 3 is 2.42 bits per heavy atom. The van der Waals surface area contributed by atoms with Gasteiger partial charge in [0.05, 0.1) is 26.9 Å². The Hall–Kier alpha value is -1.78. The number of para-hydroxylation sites is 1. The predicted molar refractivity (Wildman–Crippen MR) is 121 cm³/mol. The van der Waals surface area contributed by atoms with Crippen LogP contribution in [0, 0.1) is 0 Å². The van der Waals surface area contributed by atoms with Crippen molar-refractivity contribution < 1.29 is 74.0 Å². The summed E-state index contributed by atoms with van der Waals surface area (Å²) < 4.78 is 1.07. The van der Waals surface area contributed by atoms with Gasteiger partial charge in [0, 0.05) is 28.1 Å². The minimum absolute atomic E-state index is 0. The van der Waals surface area contributed by atoms with Gasteiger partial charge in [0.25, 0.3) is 0 Å². The van der Waals surface area contributed by atoms with Crippen molar-refractivity contribution in [1.82, 2.24) is 15.0 Å². The second-order valence-electron chi connectivity index (χ2n) is 7.11. The van der Waals surface area contributed by atoms with E-state index in [1.807, 2.05) is 60.7 Å². The van der Waals surface area contributed by atoms with Gasteiger partial charge in [-0.25, -0.2) is 9.97 Å². The first-order chi connectivity index (χ1) is 14.8. The Morgan fingerprint density at radius 1 is 0.742 bits per heavy atom. The average Bonchev–Trinajstić information content (AvgIpc) is 3.23. The maximum atomic E-state index is 12.6. The largest absolute Gasteiger partial charge is 1.00 e. The zero-order chi connectivity index (χ0) is 20.1. The molecule has 0 saturated carbocycles. The zero-order valence-electron chi connectivity index (χ0n) is 16.7. The summed E-state index contributed by atoms with van der Waals surface area (Å²) >= 11 is 1.53. The summed E-state index contributed by atoms with van der Waals surface area (Å²) in [5.74, 6) is -0.0364. The normalized spacial score (nSPS) is 11.1. The third-order valence-corrected chi connectivity index (χ3v) is 6.30. The van der Waals surface area contributed by atoms with Crippen molar-refractivity contribution in [2.75, 3.05) is 0 Å². The Balaban J connectivity index is 0.00000204. The zero-order valence-corrected chi connectivity index (χ0v) is 23.8. The second-order valence-corrected chi connectivity index (χ2v) is 8.14. The molecule has 3 aromatic heterocycles. The quantitative estimate of drug-likeness (QED) is 0.319. The van der Waals surface area contributed by atoms with E-state index in [2.05, 4.69) is 22.1 Å². The van der Waals surface area contributed by atoms with Gasteiger partial charge in [0.2, 0.25) is 0 Å². The average molecular weight is 537 g/mol. The minimum atomic E-state index is -0.0364. The molecule has 3 aromatic carbocycles. The van der Waals surface area contributed by atoms with E-state index in [1.54, 1.807) is 12.3 Å². The molecule has 0 atom stereocenters. The molecule has 142 valence electrons. The molecule has 6 heteroatoms. The van der Waals surface area contributed by atoms with Crippen molar-refractivity contribution in [3.05, 3.63) is 85.1 Å². The van der Waals surface area contributed by atoms with E-state index in [4.69, 9.17) is 4.98 Å². The van der Waals surface area contributed by atoms with E-state index < -0.39 is 0 Å². The van der Waals surface area contributed by atoms with Crippen molar-refractivity contribution in [2.24, 2.45) is 0 Å². The van der Waals surface area contributed by atoms with Gasteiger partial charge in [-0.2, -0.15) is 0 Å². The maximum absolute atomic E-state index is 12.6. The molecule has 0 aliphatic heterocycles. The number of hydrogen-bond donors (Lipinski definition) is 0. The van der Waals surface area contributed by atoms with E-state index >= 15 is 0 Å². The van der Waals surface area contributed by atoms with E-state index in [1.165, 1.54) is 11.3 Å². The number of aromatic nitrogens is 3. The molecular weight excluding hydrogens is 523 g/mol. The summed E-state index contributed by atoms with van der Waals surface area (Å²) in [4.78, 5) is 14.1. The number of benzene rings is 3. The van der Waals surface area contributed by atoms with Crippen LogP contribution in [0.3, 0.4) is 0 Å². The van der Waals surface area contributed by atoms with Gasteiger partial charge in [-0.05, 0) is 30.3 Å². The van der Waals surface area contributed by atoms with Crippen LogP contribution in [0.5, 0.6) is 5.75 Å². The summed E-state index contributed by atoms with van der Waals surface area (Å²) in [7, 11) is 0. The topological polar surface area (TPSA) is 61.7 Å². The van der Waals surface area contributed by atoms with Gasteiger partial charge >= 0.3 is 68.9 Å². The van der Waals surface area contributed by atoms with Crippen molar-refractivity contribution >= 4 is 43.4 Å². The minimum Gasteiger partial charge on any atom is -0.872 e. The number of fused-ring (bicyclic) bond motifs is 4. The molecule has 0 saturated heterocycles. The number of nitrogens with zero attached hydrogens (tertiary/aromatic N) is 3. The van der Waals surface area contributed by atoms with Crippen molar-refractivity contribution in [3.8, 4) is 27.6 Å². The number of thiazole rings is 1. The second kappa shape index (κ2) is 8.63. The van der Waals surface area contributed by atoms with Gasteiger partial charge in [0.1, 0.15) is 5.01 Å². The first kappa shape index (κ1) is 21.1. The van der Waals surface area contributed by atoms with Crippen LogP contribution in [0.1, 0.15) is 0 Å². The van der Waals surface area contributed by atoms with Crippen LogP contribution in [-0.4, -0.2) is 15.0 Å². The standard InChI is InChI=1S/C25H15N3OS.Cs/c29-21-12-10-17(14-18(21)25-28-20-5-1-2-6-22(20)30-25)19-11-9-16-8-7-15-4-3-13-26-23(15)24(16)27-19;/h1-14,29H;/q;+1/p-1. The molecule has 0 amide bonds. The first-order valence-corrected chi connectivity index (χ1v) is 10.4. The molecule has 6 rings (SSSR count).